The number of hydrazone groups is 1. The van der Waals surface area contributed by atoms with E-state index < -0.39 is 0 Å². The molecule has 22 heavy (non-hydrogen) atoms. The molecule has 1 amide bonds. The SMILES string of the molecule is CCOc1ccccc1/C=N\NC(=O)Cn1ccccc1=O. The number of pyridine rings is 1. The van der Waals surface area contributed by atoms with Crippen molar-refractivity contribution in [2.75, 3.05) is 6.61 Å². The van der Waals surface area contributed by atoms with Gasteiger partial charge >= 0.3 is 0 Å². The number of hydrogen-bond donors (Lipinski definition) is 1. The molecule has 2 aromatic rings. The molecule has 114 valence electrons. The highest BCUT2D eigenvalue weighted by molar-refractivity contribution is 5.85. The smallest absolute Gasteiger partial charge is 0.260 e. The first-order valence-electron chi connectivity index (χ1n) is 6.90. The summed E-state index contributed by atoms with van der Waals surface area (Å²) in [4.78, 5) is 23.2. The Labute approximate surface area is 128 Å². The molecule has 0 fully saturated rings. The van der Waals surface area contributed by atoms with E-state index in [9.17, 15) is 9.59 Å². The van der Waals surface area contributed by atoms with Gasteiger partial charge < -0.3 is 9.30 Å². The summed E-state index contributed by atoms with van der Waals surface area (Å²) in [6, 6.07) is 12.1. The minimum absolute atomic E-state index is 0.0792. The van der Waals surface area contributed by atoms with E-state index in [0.717, 1.165) is 5.56 Å². The average Bonchev–Trinajstić information content (AvgIpc) is 2.51. The van der Waals surface area contributed by atoms with Crippen LogP contribution in [-0.2, 0) is 11.3 Å². The molecule has 0 spiro atoms. The summed E-state index contributed by atoms with van der Waals surface area (Å²) in [6.45, 7) is 2.37. The fraction of sp³-hybridized carbons (Fsp3) is 0.188. The number of para-hydroxylation sites is 1. The van der Waals surface area contributed by atoms with Gasteiger partial charge in [-0.1, -0.05) is 18.2 Å². The largest absolute Gasteiger partial charge is 0.493 e. The number of carbonyl (C=O) groups is 1. The lowest BCUT2D eigenvalue weighted by atomic mass is 10.2. The van der Waals surface area contributed by atoms with E-state index in [1.165, 1.54) is 16.8 Å². The number of nitrogens with one attached hydrogen (secondary N) is 1. The second-order valence-corrected chi connectivity index (χ2v) is 4.43. The number of benzene rings is 1. The Hall–Kier alpha value is -2.89. The summed E-state index contributed by atoms with van der Waals surface area (Å²) < 4.78 is 6.76. The first-order chi connectivity index (χ1) is 10.7. The number of nitrogens with zero attached hydrogens (tertiary/aromatic N) is 2. The number of ether oxygens (including phenoxy) is 1. The molecule has 6 nitrogen and oxygen atoms in total. The maximum atomic E-state index is 11.7. The Morgan fingerprint density at radius 2 is 2.05 bits per heavy atom. The average molecular weight is 299 g/mol. The summed E-state index contributed by atoms with van der Waals surface area (Å²) in [5.41, 5.74) is 2.92. The molecular formula is C16H17N3O3. The van der Waals surface area contributed by atoms with Crippen LogP contribution in [-0.4, -0.2) is 23.3 Å². The van der Waals surface area contributed by atoms with Crippen LogP contribution in [0.1, 0.15) is 12.5 Å². The number of amides is 1. The Morgan fingerprint density at radius 1 is 1.27 bits per heavy atom. The van der Waals surface area contributed by atoms with Gasteiger partial charge in [0.25, 0.3) is 11.5 Å². The highest BCUT2D eigenvalue weighted by atomic mass is 16.5. The van der Waals surface area contributed by atoms with Gasteiger partial charge in [-0.2, -0.15) is 5.10 Å². The van der Waals surface area contributed by atoms with Crippen molar-refractivity contribution in [3.63, 3.8) is 0 Å². The molecule has 0 aliphatic carbocycles. The van der Waals surface area contributed by atoms with Crippen LogP contribution in [0.4, 0.5) is 0 Å². The molecule has 0 saturated carbocycles. The number of rotatable bonds is 6. The van der Waals surface area contributed by atoms with Gasteiger partial charge in [0.1, 0.15) is 12.3 Å². The fourth-order valence-electron chi connectivity index (χ4n) is 1.83. The van der Waals surface area contributed by atoms with Crippen LogP contribution in [0.5, 0.6) is 5.75 Å². The number of carbonyl (C=O) groups excluding carboxylic acids is 1. The van der Waals surface area contributed by atoms with E-state index >= 15 is 0 Å². The standard InChI is InChI=1S/C16H17N3O3/c1-2-22-14-8-4-3-7-13(14)11-17-18-15(20)12-19-10-6-5-9-16(19)21/h3-11H,2,12H2,1H3,(H,18,20)/b17-11-. The van der Waals surface area contributed by atoms with Crippen LogP contribution in [0.2, 0.25) is 0 Å². The third-order valence-corrected chi connectivity index (χ3v) is 2.82. The van der Waals surface area contributed by atoms with Crippen molar-refractivity contribution in [3.05, 3.63) is 64.6 Å². The normalized spacial score (nSPS) is 10.6. The van der Waals surface area contributed by atoms with Crippen molar-refractivity contribution < 1.29 is 9.53 Å². The summed E-state index contributed by atoms with van der Waals surface area (Å²) in [5, 5.41) is 3.89. The highest BCUT2D eigenvalue weighted by Crippen LogP contribution is 2.15. The molecular weight excluding hydrogens is 282 g/mol. The molecule has 1 aromatic heterocycles. The van der Waals surface area contributed by atoms with Gasteiger partial charge in [-0.3, -0.25) is 9.59 Å². The Bertz CT molecular complexity index is 722. The summed E-state index contributed by atoms with van der Waals surface area (Å²) in [7, 11) is 0. The van der Waals surface area contributed by atoms with Crippen molar-refractivity contribution in [2.45, 2.75) is 13.5 Å². The second-order valence-electron chi connectivity index (χ2n) is 4.43. The van der Waals surface area contributed by atoms with Crippen LogP contribution in [0, 0.1) is 0 Å². The molecule has 1 heterocycles. The van der Waals surface area contributed by atoms with Crippen LogP contribution >= 0.6 is 0 Å². The van der Waals surface area contributed by atoms with Gasteiger partial charge in [0.15, 0.2) is 0 Å². The minimum atomic E-state index is -0.376. The van der Waals surface area contributed by atoms with Crippen molar-refractivity contribution in [3.8, 4) is 5.75 Å². The molecule has 0 aliphatic heterocycles. The van der Waals surface area contributed by atoms with E-state index in [0.29, 0.717) is 12.4 Å². The monoisotopic (exact) mass is 299 g/mol. The van der Waals surface area contributed by atoms with Crippen LogP contribution < -0.4 is 15.7 Å². The van der Waals surface area contributed by atoms with Gasteiger partial charge in [-0.15, -0.1) is 0 Å². The predicted molar refractivity (Wildman–Crippen MR) is 84.0 cm³/mol. The van der Waals surface area contributed by atoms with Crippen molar-refractivity contribution in [2.24, 2.45) is 5.10 Å². The van der Waals surface area contributed by atoms with Gasteiger partial charge in [0, 0.05) is 17.8 Å². The van der Waals surface area contributed by atoms with Crippen molar-refractivity contribution in [1.29, 1.82) is 0 Å². The number of aromatic nitrogens is 1. The minimum Gasteiger partial charge on any atom is -0.493 e. The zero-order valence-corrected chi connectivity index (χ0v) is 12.2. The van der Waals surface area contributed by atoms with Gasteiger partial charge in [0.2, 0.25) is 0 Å². The Balaban J connectivity index is 1.96. The molecule has 1 N–H and O–H groups in total. The highest BCUT2D eigenvalue weighted by Gasteiger charge is 2.03. The third-order valence-electron chi connectivity index (χ3n) is 2.82. The molecule has 0 atom stereocenters. The molecule has 0 saturated heterocycles. The van der Waals surface area contributed by atoms with E-state index in [2.05, 4.69) is 10.5 Å². The summed E-state index contributed by atoms with van der Waals surface area (Å²) >= 11 is 0. The molecule has 2 rings (SSSR count). The van der Waals surface area contributed by atoms with E-state index in [1.54, 1.807) is 18.3 Å². The predicted octanol–water partition coefficient (Wildman–Crippen LogP) is 1.40. The summed E-state index contributed by atoms with van der Waals surface area (Å²) in [5.74, 6) is 0.320. The molecule has 0 radical (unpaired) electrons. The molecule has 6 heteroatoms. The van der Waals surface area contributed by atoms with Crippen molar-refractivity contribution >= 4 is 12.1 Å². The zero-order chi connectivity index (χ0) is 15.8. The lowest BCUT2D eigenvalue weighted by Crippen LogP contribution is -2.29. The molecule has 0 aliphatic rings. The summed E-state index contributed by atoms with van der Waals surface area (Å²) in [6.07, 6.45) is 3.06. The topological polar surface area (TPSA) is 72.7 Å². The lowest BCUT2D eigenvalue weighted by Gasteiger charge is -2.06. The van der Waals surface area contributed by atoms with Crippen LogP contribution in [0.15, 0.2) is 58.6 Å². The molecule has 1 aromatic carbocycles. The van der Waals surface area contributed by atoms with E-state index in [4.69, 9.17) is 4.74 Å². The maximum Gasteiger partial charge on any atom is 0.260 e. The van der Waals surface area contributed by atoms with E-state index in [-0.39, 0.29) is 18.0 Å². The van der Waals surface area contributed by atoms with Crippen LogP contribution in [0.25, 0.3) is 0 Å². The first kappa shape index (κ1) is 15.5. The van der Waals surface area contributed by atoms with Crippen LogP contribution in [0.3, 0.4) is 0 Å². The number of hydrogen-bond acceptors (Lipinski definition) is 4. The first-order valence-corrected chi connectivity index (χ1v) is 6.90. The zero-order valence-electron chi connectivity index (χ0n) is 12.2. The van der Waals surface area contributed by atoms with E-state index in [1.807, 2.05) is 31.2 Å². The Kier molecular flexibility index (Phi) is 5.48. The lowest BCUT2D eigenvalue weighted by molar-refractivity contribution is -0.121. The molecule has 0 bridgehead atoms. The second kappa shape index (κ2) is 7.78. The van der Waals surface area contributed by atoms with Gasteiger partial charge in [-0.05, 0) is 25.1 Å². The fourth-order valence-corrected chi connectivity index (χ4v) is 1.83. The Morgan fingerprint density at radius 3 is 2.82 bits per heavy atom. The van der Waals surface area contributed by atoms with Gasteiger partial charge in [0.05, 0.1) is 12.8 Å². The quantitative estimate of drug-likeness (QED) is 0.647. The third kappa shape index (κ3) is 4.31. The van der Waals surface area contributed by atoms with Gasteiger partial charge in [-0.25, -0.2) is 5.43 Å². The maximum absolute atomic E-state index is 11.7. The molecule has 0 unspecified atom stereocenters. The van der Waals surface area contributed by atoms with Crippen molar-refractivity contribution in [1.82, 2.24) is 9.99 Å².